The van der Waals surface area contributed by atoms with Gasteiger partial charge in [-0.25, -0.2) is 9.37 Å². The average molecular weight is 358 g/mol. The highest BCUT2D eigenvalue weighted by Crippen LogP contribution is 2.24. The molecule has 0 saturated carbocycles. The van der Waals surface area contributed by atoms with E-state index in [-0.39, 0.29) is 22.8 Å². The Balaban J connectivity index is 1.63. The van der Waals surface area contributed by atoms with Gasteiger partial charge in [-0.15, -0.1) is 0 Å². The van der Waals surface area contributed by atoms with Crippen molar-refractivity contribution in [2.75, 3.05) is 13.1 Å². The SMILES string of the molecule is C[C@H](Sc1ccc(C(=O)N2CCCC2)cn1)C(=O)c1ccc(F)cc1. The van der Waals surface area contributed by atoms with Crippen molar-refractivity contribution in [3.05, 3.63) is 59.5 Å². The Morgan fingerprint density at radius 2 is 1.72 bits per heavy atom. The van der Waals surface area contributed by atoms with Gasteiger partial charge >= 0.3 is 0 Å². The minimum Gasteiger partial charge on any atom is -0.339 e. The Morgan fingerprint density at radius 3 is 2.32 bits per heavy atom. The van der Waals surface area contributed by atoms with Crippen molar-refractivity contribution in [2.24, 2.45) is 0 Å². The fourth-order valence-electron chi connectivity index (χ4n) is 2.76. The van der Waals surface area contributed by atoms with Gasteiger partial charge in [0.2, 0.25) is 0 Å². The van der Waals surface area contributed by atoms with E-state index in [1.165, 1.54) is 36.0 Å². The summed E-state index contributed by atoms with van der Waals surface area (Å²) < 4.78 is 13.0. The number of hydrogen-bond donors (Lipinski definition) is 0. The van der Waals surface area contributed by atoms with E-state index >= 15 is 0 Å². The summed E-state index contributed by atoms with van der Waals surface area (Å²) in [6.45, 7) is 3.40. The van der Waals surface area contributed by atoms with E-state index in [1.807, 2.05) is 4.90 Å². The Bertz CT molecular complexity index is 756. The van der Waals surface area contributed by atoms with Gasteiger partial charge in [-0.1, -0.05) is 11.8 Å². The topological polar surface area (TPSA) is 50.3 Å². The van der Waals surface area contributed by atoms with Gasteiger partial charge in [0.1, 0.15) is 5.82 Å². The van der Waals surface area contributed by atoms with Crippen LogP contribution in [0.2, 0.25) is 0 Å². The van der Waals surface area contributed by atoms with Crippen molar-refractivity contribution in [3.8, 4) is 0 Å². The lowest BCUT2D eigenvalue weighted by molar-refractivity contribution is 0.0792. The lowest BCUT2D eigenvalue weighted by Gasteiger charge is -2.15. The van der Waals surface area contributed by atoms with Crippen LogP contribution in [0.1, 0.15) is 40.5 Å². The number of ketones is 1. The fourth-order valence-corrected chi connectivity index (χ4v) is 3.63. The largest absolute Gasteiger partial charge is 0.339 e. The number of likely N-dealkylation sites (tertiary alicyclic amines) is 1. The van der Waals surface area contributed by atoms with Gasteiger partial charge in [0.25, 0.3) is 5.91 Å². The van der Waals surface area contributed by atoms with Gasteiger partial charge in [0.05, 0.1) is 15.8 Å². The summed E-state index contributed by atoms with van der Waals surface area (Å²) in [6.07, 6.45) is 3.67. The number of Topliss-reactive ketones (excluding diaryl/α,β-unsaturated/α-hetero) is 1. The fraction of sp³-hybridized carbons (Fsp3) is 0.316. The van der Waals surface area contributed by atoms with Gasteiger partial charge in [-0.05, 0) is 56.2 Å². The molecule has 0 radical (unpaired) electrons. The zero-order chi connectivity index (χ0) is 17.8. The van der Waals surface area contributed by atoms with Gasteiger partial charge in [0.15, 0.2) is 5.78 Å². The molecule has 1 saturated heterocycles. The summed E-state index contributed by atoms with van der Waals surface area (Å²) in [5, 5.41) is 0.332. The highest BCUT2D eigenvalue weighted by Gasteiger charge is 2.21. The van der Waals surface area contributed by atoms with Crippen molar-refractivity contribution < 1.29 is 14.0 Å². The van der Waals surface area contributed by atoms with Crippen molar-refractivity contribution in [2.45, 2.75) is 30.0 Å². The summed E-state index contributed by atoms with van der Waals surface area (Å²) >= 11 is 1.32. The molecule has 1 aliphatic rings. The number of aromatic nitrogens is 1. The molecule has 0 spiro atoms. The zero-order valence-electron chi connectivity index (χ0n) is 13.9. The number of carbonyl (C=O) groups is 2. The van der Waals surface area contributed by atoms with Crippen LogP contribution < -0.4 is 0 Å². The molecule has 2 aromatic rings. The standard InChI is InChI=1S/C19H19FN2O2S/c1-13(18(23)14-4-7-16(20)8-5-14)25-17-9-6-15(12-21-17)19(24)22-10-2-3-11-22/h4-9,12-13H,2-3,10-11H2,1H3/t13-/m0/s1. The van der Waals surface area contributed by atoms with Crippen molar-refractivity contribution in [1.82, 2.24) is 9.88 Å². The van der Waals surface area contributed by atoms with Crippen molar-refractivity contribution in [1.29, 1.82) is 0 Å². The second-order valence-corrected chi connectivity index (χ2v) is 7.38. The molecule has 1 atom stereocenters. The molecule has 1 aliphatic heterocycles. The highest BCUT2D eigenvalue weighted by molar-refractivity contribution is 8.00. The normalized spacial score (nSPS) is 15.2. The van der Waals surface area contributed by atoms with E-state index in [0.29, 0.717) is 16.2 Å². The Labute approximate surface area is 150 Å². The lowest BCUT2D eigenvalue weighted by atomic mass is 10.1. The first kappa shape index (κ1) is 17.6. The number of hydrogen-bond acceptors (Lipinski definition) is 4. The van der Waals surface area contributed by atoms with Crippen LogP contribution in [0.4, 0.5) is 4.39 Å². The maximum Gasteiger partial charge on any atom is 0.255 e. The van der Waals surface area contributed by atoms with Crippen molar-refractivity contribution in [3.63, 3.8) is 0 Å². The van der Waals surface area contributed by atoms with Gasteiger partial charge < -0.3 is 4.90 Å². The first-order chi connectivity index (χ1) is 12.0. The number of halogens is 1. The molecule has 0 aliphatic carbocycles. The lowest BCUT2D eigenvalue weighted by Crippen LogP contribution is -2.27. The maximum atomic E-state index is 13.0. The van der Waals surface area contributed by atoms with Gasteiger partial charge in [-0.2, -0.15) is 0 Å². The Hall–Kier alpha value is -2.21. The monoisotopic (exact) mass is 358 g/mol. The molecule has 2 heterocycles. The summed E-state index contributed by atoms with van der Waals surface area (Å²) in [5.74, 6) is -0.433. The number of benzene rings is 1. The molecule has 130 valence electrons. The number of carbonyl (C=O) groups excluding carboxylic acids is 2. The Kier molecular flexibility index (Phi) is 5.48. The molecule has 1 aromatic carbocycles. The smallest absolute Gasteiger partial charge is 0.255 e. The molecular formula is C19H19FN2O2S. The number of thioether (sulfide) groups is 1. The molecule has 4 nitrogen and oxygen atoms in total. The molecule has 0 unspecified atom stereocenters. The predicted molar refractivity (Wildman–Crippen MR) is 95.4 cm³/mol. The molecule has 1 aromatic heterocycles. The molecular weight excluding hydrogens is 339 g/mol. The maximum absolute atomic E-state index is 13.0. The molecule has 6 heteroatoms. The molecule has 1 amide bonds. The van der Waals surface area contributed by atoms with E-state index in [4.69, 9.17) is 0 Å². The second-order valence-electron chi connectivity index (χ2n) is 6.02. The van der Waals surface area contributed by atoms with Crippen molar-refractivity contribution >= 4 is 23.5 Å². The van der Waals surface area contributed by atoms with Crippen LogP contribution in [-0.2, 0) is 0 Å². The van der Waals surface area contributed by atoms with E-state index in [1.54, 1.807) is 25.3 Å². The van der Waals surface area contributed by atoms with Gasteiger partial charge in [-0.3, -0.25) is 9.59 Å². The third-order valence-corrected chi connectivity index (χ3v) is 5.22. The van der Waals surface area contributed by atoms with E-state index < -0.39 is 0 Å². The molecule has 3 rings (SSSR count). The van der Waals surface area contributed by atoms with Crippen LogP contribution >= 0.6 is 11.8 Å². The number of pyridine rings is 1. The number of nitrogens with zero attached hydrogens (tertiary/aromatic N) is 2. The minimum atomic E-state index is -0.364. The van der Waals surface area contributed by atoms with E-state index in [0.717, 1.165) is 25.9 Å². The van der Waals surface area contributed by atoms with Crippen LogP contribution in [0.25, 0.3) is 0 Å². The highest BCUT2D eigenvalue weighted by atomic mass is 32.2. The second kappa shape index (κ2) is 7.78. The third-order valence-electron chi connectivity index (χ3n) is 4.17. The van der Waals surface area contributed by atoms with E-state index in [9.17, 15) is 14.0 Å². The number of amides is 1. The van der Waals surface area contributed by atoms with Crippen LogP contribution in [0.3, 0.4) is 0 Å². The first-order valence-corrected chi connectivity index (χ1v) is 9.14. The predicted octanol–water partition coefficient (Wildman–Crippen LogP) is 3.82. The zero-order valence-corrected chi connectivity index (χ0v) is 14.8. The molecule has 25 heavy (non-hydrogen) atoms. The van der Waals surface area contributed by atoms with E-state index in [2.05, 4.69) is 4.98 Å². The molecule has 0 N–H and O–H groups in total. The quantitative estimate of drug-likeness (QED) is 0.602. The average Bonchev–Trinajstić information content (AvgIpc) is 3.16. The van der Waals surface area contributed by atoms with Crippen LogP contribution in [0, 0.1) is 5.82 Å². The third kappa shape index (κ3) is 4.25. The Morgan fingerprint density at radius 1 is 1.08 bits per heavy atom. The van der Waals surface area contributed by atoms with Crippen LogP contribution in [0.15, 0.2) is 47.6 Å². The van der Waals surface area contributed by atoms with Crippen LogP contribution in [0.5, 0.6) is 0 Å². The van der Waals surface area contributed by atoms with Gasteiger partial charge in [0, 0.05) is 24.8 Å². The summed E-state index contributed by atoms with van der Waals surface area (Å²) in [6, 6.07) is 9.05. The number of rotatable bonds is 5. The first-order valence-electron chi connectivity index (χ1n) is 8.26. The summed E-state index contributed by atoms with van der Waals surface area (Å²) in [7, 11) is 0. The van der Waals surface area contributed by atoms with Crippen LogP contribution in [-0.4, -0.2) is 39.9 Å². The summed E-state index contributed by atoms with van der Waals surface area (Å²) in [4.78, 5) is 30.8. The minimum absolute atomic E-state index is 0.0111. The summed E-state index contributed by atoms with van der Waals surface area (Å²) in [5.41, 5.74) is 1.05. The molecule has 1 fully saturated rings. The molecule has 0 bridgehead atoms.